The van der Waals surface area contributed by atoms with Gasteiger partial charge in [0.15, 0.2) is 0 Å². The number of thiophene rings is 1. The molecule has 0 bridgehead atoms. The molecule has 20 heavy (non-hydrogen) atoms. The molecule has 2 rings (SSSR count). The number of hydrogen-bond acceptors (Lipinski definition) is 5. The summed E-state index contributed by atoms with van der Waals surface area (Å²) in [6.07, 6.45) is 2.04. The van der Waals surface area contributed by atoms with Crippen LogP contribution < -0.4 is 5.32 Å². The van der Waals surface area contributed by atoms with E-state index in [1.807, 2.05) is 0 Å². The highest BCUT2D eigenvalue weighted by Gasteiger charge is 2.22. The minimum Gasteiger partial charge on any atom is -0.381 e. The Kier molecular flexibility index (Phi) is 5.06. The Balaban J connectivity index is 2.01. The summed E-state index contributed by atoms with van der Waals surface area (Å²) in [7, 11) is 1.52. The normalized spacial score (nSPS) is 19.8. The van der Waals surface area contributed by atoms with Crippen LogP contribution in [0.4, 0.5) is 0 Å². The van der Waals surface area contributed by atoms with Gasteiger partial charge in [-0.05, 0) is 31.2 Å². The van der Waals surface area contributed by atoms with Gasteiger partial charge in [0.05, 0.1) is 12.2 Å². The molecule has 1 atom stereocenters. The second kappa shape index (κ2) is 6.43. The van der Waals surface area contributed by atoms with Gasteiger partial charge in [0.25, 0.3) is 15.0 Å². The molecule has 1 amide bonds. The summed E-state index contributed by atoms with van der Waals surface area (Å²) >= 11 is 0.967. The second-order valence-corrected chi connectivity index (χ2v) is 8.43. The Morgan fingerprint density at radius 3 is 2.90 bits per heavy atom. The predicted molar refractivity (Wildman–Crippen MR) is 78.0 cm³/mol. The minimum atomic E-state index is -3.79. The lowest BCUT2D eigenvalue weighted by Crippen LogP contribution is -2.33. The summed E-state index contributed by atoms with van der Waals surface area (Å²) in [5.74, 6) is 0.0544. The number of carbonyl (C=O) groups excluding carboxylic acids is 1. The van der Waals surface area contributed by atoms with E-state index >= 15 is 0 Å². The number of amides is 1. The first-order valence-corrected chi connectivity index (χ1v) is 9.47. The fourth-order valence-electron chi connectivity index (χ4n) is 2.16. The molecule has 0 aliphatic carbocycles. The van der Waals surface area contributed by atoms with E-state index < -0.39 is 9.05 Å². The van der Waals surface area contributed by atoms with Crippen molar-refractivity contribution in [1.29, 1.82) is 0 Å². The average Bonchev–Trinajstić information content (AvgIpc) is 2.79. The Hall–Kier alpha value is -0.630. The summed E-state index contributed by atoms with van der Waals surface area (Å²) < 4.78 is 28.0. The Bertz CT molecular complexity index is 591. The molecule has 1 aliphatic rings. The van der Waals surface area contributed by atoms with E-state index in [1.54, 1.807) is 6.92 Å². The van der Waals surface area contributed by atoms with Crippen LogP contribution in [0.1, 0.15) is 28.8 Å². The topological polar surface area (TPSA) is 72.5 Å². The lowest BCUT2D eigenvalue weighted by atomic mass is 10.0. The van der Waals surface area contributed by atoms with Gasteiger partial charge in [0.1, 0.15) is 4.21 Å². The van der Waals surface area contributed by atoms with Gasteiger partial charge in [-0.25, -0.2) is 8.42 Å². The molecular weight excluding hydrogens is 322 g/mol. The van der Waals surface area contributed by atoms with Gasteiger partial charge >= 0.3 is 0 Å². The van der Waals surface area contributed by atoms with Crippen molar-refractivity contribution in [3.05, 3.63) is 16.5 Å². The molecule has 0 spiro atoms. The first-order chi connectivity index (χ1) is 9.39. The highest BCUT2D eigenvalue weighted by atomic mass is 35.7. The van der Waals surface area contributed by atoms with Crippen molar-refractivity contribution in [2.75, 3.05) is 19.8 Å². The third-order valence-corrected chi connectivity index (χ3v) is 6.57. The molecular formula is C12H16ClNO4S2. The molecule has 2 heterocycles. The molecule has 8 heteroatoms. The van der Waals surface area contributed by atoms with E-state index in [1.165, 1.54) is 5.38 Å². The van der Waals surface area contributed by atoms with E-state index in [9.17, 15) is 13.2 Å². The van der Waals surface area contributed by atoms with Crippen molar-refractivity contribution in [3.63, 3.8) is 0 Å². The maximum absolute atomic E-state index is 12.1. The van der Waals surface area contributed by atoms with Crippen LogP contribution in [0.5, 0.6) is 0 Å². The molecule has 0 radical (unpaired) electrons. The van der Waals surface area contributed by atoms with Crippen molar-refractivity contribution in [3.8, 4) is 0 Å². The maximum atomic E-state index is 12.1. The number of carbonyl (C=O) groups is 1. The monoisotopic (exact) mass is 337 g/mol. The van der Waals surface area contributed by atoms with Crippen molar-refractivity contribution >= 4 is 37.0 Å². The molecule has 1 unspecified atom stereocenters. The Labute approximate surface area is 126 Å². The zero-order chi connectivity index (χ0) is 14.8. The summed E-state index contributed by atoms with van der Waals surface area (Å²) in [4.78, 5) is 12.1. The third kappa shape index (κ3) is 3.72. The van der Waals surface area contributed by atoms with E-state index in [4.69, 9.17) is 15.4 Å². The first-order valence-electron chi connectivity index (χ1n) is 6.28. The molecule has 1 aromatic heterocycles. The van der Waals surface area contributed by atoms with Crippen LogP contribution in [-0.4, -0.2) is 34.1 Å². The van der Waals surface area contributed by atoms with Gasteiger partial charge in [0.2, 0.25) is 0 Å². The highest BCUT2D eigenvalue weighted by Crippen LogP contribution is 2.29. The van der Waals surface area contributed by atoms with Gasteiger partial charge in [-0.3, -0.25) is 4.79 Å². The SMILES string of the molecule is Cc1c(C(=O)NCC2CCCOC2)csc1S(=O)(=O)Cl. The number of hydrogen-bond donors (Lipinski definition) is 1. The van der Waals surface area contributed by atoms with Gasteiger partial charge in [0, 0.05) is 29.2 Å². The molecule has 0 saturated carbocycles. The van der Waals surface area contributed by atoms with Crippen molar-refractivity contribution < 1.29 is 17.9 Å². The van der Waals surface area contributed by atoms with Crippen LogP contribution in [0.15, 0.2) is 9.59 Å². The quantitative estimate of drug-likeness (QED) is 0.854. The molecule has 112 valence electrons. The number of halogens is 1. The summed E-state index contributed by atoms with van der Waals surface area (Å²) in [5, 5.41) is 4.35. The molecule has 5 nitrogen and oxygen atoms in total. The van der Waals surface area contributed by atoms with Crippen molar-refractivity contribution in [2.24, 2.45) is 5.92 Å². The fourth-order valence-corrected chi connectivity index (χ4v) is 4.71. The van der Waals surface area contributed by atoms with Crippen LogP contribution in [0.2, 0.25) is 0 Å². The van der Waals surface area contributed by atoms with Gasteiger partial charge in [-0.1, -0.05) is 0 Å². The van der Waals surface area contributed by atoms with Gasteiger partial charge < -0.3 is 10.1 Å². The highest BCUT2D eigenvalue weighted by molar-refractivity contribution is 8.15. The van der Waals surface area contributed by atoms with Crippen molar-refractivity contribution in [2.45, 2.75) is 24.0 Å². The van der Waals surface area contributed by atoms with E-state index in [-0.39, 0.29) is 10.1 Å². The summed E-state index contributed by atoms with van der Waals surface area (Å²) in [5.41, 5.74) is 0.772. The van der Waals surface area contributed by atoms with E-state index in [0.29, 0.717) is 30.2 Å². The number of rotatable bonds is 4. The minimum absolute atomic E-state index is 0.0327. The third-order valence-electron chi connectivity index (χ3n) is 3.27. The number of nitrogens with one attached hydrogen (secondary N) is 1. The van der Waals surface area contributed by atoms with Crippen LogP contribution in [0, 0.1) is 12.8 Å². The smallest absolute Gasteiger partial charge is 0.271 e. The molecule has 1 aromatic rings. The van der Waals surface area contributed by atoms with E-state index in [2.05, 4.69) is 5.32 Å². The molecule has 1 fully saturated rings. The first kappa shape index (κ1) is 15.8. The standard InChI is InChI=1S/C12H16ClNO4S2/c1-8-10(7-19-12(8)20(13,16)17)11(15)14-5-9-3-2-4-18-6-9/h7,9H,2-6H2,1H3,(H,14,15). The van der Waals surface area contributed by atoms with Crippen LogP contribution in [0.25, 0.3) is 0 Å². The summed E-state index contributed by atoms with van der Waals surface area (Å²) in [6.45, 7) is 3.57. The summed E-state index contributed by atoms with van der Waals surface area (Å²) in [6, 6.07) is 0. The zero-order valence-electron chi connectivity index (χ0n) is 11.0. The fraction of sp³-hybridized carbons (Fsp3) is 0.583. The Morgan fingerprint density at radius 1 is 1.60 bits per heavy atom. The largest absolute Gasteiger partial charge is 0.381 e. The molecule has 1 saturated heterocycles. The van der Waals surface area contributed by atoms with E-state index in [0.717, 1.165) is 30.8 Å². The van der Waals surface area contributed by atoms with Crippen LogP contribution >= 0.6 is 22.0 Å². The Morgan fingerprint density at radius 2 is 2.35 bits per heavy atom. The maximum Gasteiger partial charge on any atom is 0.271 e. The number of ether oxygens (including phenoxy) is 1. The molecule has 1 aliphatic heterocycles. The lowest BCUT2D eigenvalue weighted by Gasteiger charge is -2.22. The molecule has 0 aromatic carbocycles. The van der Waals surface area contributed by atoms with Gasteiger partial charge in [-0.15, -0.1) is 11.3 Å². The van der Waals surface area contributed by atoms with Crippen LogP contribution in [-0.2, 0) is 13.8 Å². The zero-order valence-corrected chi connectivity index (χ0v) is 13.4. The van der Waals surface area contributed by atoms with Crippen molar-refractivity contribution in [1.82, 2.24) is 5.32 Å². The lowest BCUT2D eigenvalue weighted by molar-refractivity contribution is 0.0536. The average molecular weight is 338 g/mol. The second-order valence-electron chi connectivity index (χ2n) is 4.79. The van der Waals surface area contributed by atoms with Crippen LogP contribution in [0.3, 0.4) is 0 Å². The van der Waals surface area contributed by atoms with Gasteiger partial charge in [-0.2, -0.15) is 0 Å². The molecule has 1 N–H and O–H groups in total. The predicted octanol–water partition coefficient (Wildman–Crippen LogP) is 2.14.